The largest absolute Gasteiger partial charge is 0.496 e. The Labute approximate surface area is 203 Å². The quantitative estimate of drug-likeness (QED) is 0.304. The number of esters is 1. The predicted octanol–water partition coefficient (Wildman–Crippen LogP) is 3.29. The molecule has 11 nitrogen and oxygen atoms in total. The summed E-state index contributed by atoms with van der Waals surface area (Å²) < 4.78 is 53.9. The van der Waals surface area contributed by atoms with Crippen LogP contribution in [0.2, 0.25) is 0 Å². The van der Waals surface area contributed by atoms with E-state index in [1.54, 1.807) is 12.1 Å². The molecule has 2 aromatic carbocycles. The van der Waals surface area contributed by atoms with Crippen LogP contribution in [-0.4, -0.2) is 53.9 Å². The lowest BCUT2D eigenvalue weighted by Gasteiger charge is -2.13. The minimum Gasteiger partial charge on any atom is -0.496 e. The fourth-order valence-corrected chi connectivity index (χ4v) is 3.77. The molecule has 0 saturated heterocycles. The standard InChI is InChI=1S/C23H27NO10S/c1-30-16-13-19(32-3)17(20(14-16)33-4)10-11-35(28,29)24-15-8-9-18(31-2)21(12-15)34-23(27)7-5-6-22(25)26/h8-14,24H,5-7H2,1-4H3,(H,25,26). The molecule has 0 bridgehead atoms. The third-order valence-electron chi connectivity index (χ3n) is 4.59. The van der Waals surface area contributed by atoms with Crippen LogP contribution in [0.5, 0.6) is 28.7 Å². The van der Waals surface area contributed by atoms with Crippen molar-refractivity contribution in [3.05, 3.63) is 41.3 Å². The molecule has 2 N–H and O–H groups in total. The van der Waals surface area contributed by atoms with E-state index in [9.17, 15) is 18.0 Å². The Balaban J connectivity index is 2.23. The Kier molecular flexibility index (Phi) is 9.76. The number of rotatable bonds is 13. The summed E-state index contributed by atoms with van der Waals surface area (Å²) in [6.45, 7) is 0. The molecule has 2 aromatic rings. The van der Waals surface area contributed by atoms with Gasteiger partial charge >= 0.3 is 11.9 Å². The zero-order valence-corrected chi connectivity index (χ0v) is 20.5. The summed E-state index contributed by atoms with van der Waals surface area (Å²) >= 11 is 0. The molecule has 0 radical (unpaired) electrons. The van der Waals surface area contributed by atoms with E-state index in [4.69, 9.17) is 28.8 Å². The molecule has 0 aromatic heterocycles. The van der Waals surface area contributed by atoms with Crippen LogP contribution < -0.4 is 28.4 Å². The third-order valence-corrected chi connectivity index (χ3v) is 5.60. The van der Waals surface area contributed by atoms with E-state index in [0.717, 1.165) is 5.41 Å². The number of anilines is 1. The highest BCUT2D eigenvalue weighted by Crippen LogP contribution is 2.35. The molecule has 2 rings (SSSR count). The summed E-state index contributed by atoms with van der Waals surface area (Å²) in [6, 6.07) is 7.32. The summed E-state index contributed by atoms with van der Waals surface area (Å²) in [7, 11) is 1.70. The molecule has 12 heteroatoms. The smallest absolute Gasteiger partial charge is 0.311 e. The number of nitrogens with one attached hydrogen (secondary N) is 1. The van der Waals surface area contributed by atoms with Gasteiger partial charge in [0.2, 0.25) is 0 Å². The summed E-state index contributed by atoms with van der Waals surface area (Å²) in [6.07, 6.45) is 1.11. The Morgan fingerprint density at radius 2 is 1.51 bits per heavy atom. The minimum atomic E-state index is -4.01. The first-order valence-electron chi connectivity index (χ1n) is 10.2. The summed E-state index contributed by atoms with van der Waals surface area (Å²) in [5, 5.41) is 9.61. The number of carbonyl (C=O) groups is 2. The molecule has 0 heterocycles. The SMILES string of the molecule is COc1cc(OC)c(C=CS(=O)(=O)Nc2ccc(OC)c(OC(=O)CCCC(=O)O)c2)c(OC)c1. The van der Waals surface area contributed by atoms with Crippen molar-refractivity contribution in [2.45, 2.75) is 19.3 Å². The monoisotopic (exact) mass is 509 g/mol. The number of hydrogen-bond donors (Lipinski definition) is 2. The second-order valence-corrected chi connectivity index (χ2v) is 8.55. The van der Waals surface area contributed by atoms with E-state index in [-0.39, 0.29) is 36.4 Å². The van der Waals surface area contributed by atoms with Crippen molar-refractivity contribution >= 4 is 33.7 Å². The number of carboxylic acid groups (broad SMARTS) is 1. The topological polar surface area (TPSA) is 147 Å². The minimum absolute atomic E-state index is 0.0181. The Hall–Kier alpha value is -3.93. The van der Waals surface area contributed by atoms with Crippen LogP contribution in [-0.2, 0) is 19.6 Å². The van der Waals surface area contributed by atoms with E-state index < -0.39 is 22.0 Å². The highest BCUT2D eigenvalue weighted by molar-refractivity contribution is 7.95. The van der Waals surface area contributed by atoms with Crippen molar-refractivity contribution in [3.8, 4) is 28.7 Å². The Morgan fingerprint density at radius 1 is 0.886 bits per heavy atom. The molecule has 0 atom stereocenters. The average molecular weight is 510 g/mol. The van der Waals surface area contributed by atoms with Gasteiger partial charge in [-0.2, -0.15) is 0 Å². The van der Waals surface area contributed by atoms with E-state index in [0.29, 0.717) is 22.8 Å². The van der Waals surface area contributed by atoms with Gasteiger partial charge in [-0.15, -0.1) is 0 Å². The van der Waals surface area contributed by atoms with Crippen molar-refractivity contribution in [3.63, 3.8) is 0 Å². The number of carboxylic acids is 1. The molecule has 0 saturated carbocycles. The van der Waals surface area contributed by atoms with Gasteiger partial charge in [-0.05, 0) is 24.6 Å². The lowest BCUT2D eigenvalue weighted by atomic mass is 10.1. The molecule has 0 fully saturated rings. The lowest BCUT2D eigenvalue weighted by molar-refractivity contribution is -0.137. The Bertz CT molecular complexity index is 1170. The number of aliphatic carboxylic acids is 1. The maximum Gasteiger partial charge on any atom is 0.311 e. The maximum absolute atomic E-state index is 12.7. The Morgan fingerprint density at radius 3 is 2.06 bits per heavy atom. The number of sulfonamides is 1. The first-order valence-corrected chi connectivity index (χ1v) is 11.8. The van der Waals surface area contributed by atoms with Crippen molar-refractivity contribution < 1.29 is 46.8 Å². The third kappa shape index (κ3) is 8.10. The van der Waals surface area contributed by atoms with Gasteiger partial charge in [0.15, 0.2) is 11.5 Å². The number of methoxy groups -OCH3 is 4. The maximum atomic E-state index is 12.7. The van der Waals surface area contributed by atoms with Crippen molar-refractivity contribution in [1.82, 2.24) is 0 Å². The number of carbonyl (C=O) groups excluding carboxylic acids is 1. The van der Waals surface area contributed by atoms with Crippen LogP contribution in [0.15, 0.2) is 35.7 Å². The van der Waals surface area contributed by atoms with Crippen molar-refractivity contribution in [1.29, 1.82) is 0 Å². The van der Waals surface area contributed by atoms with Gasteiger partial charge in [-0.1, -0.05) is 0 Å². The molecule has 0 spiro atoms. The first-order chi connectivity index (χ1) is 16.6. The molecule has 0 amide bonds. The van der Waals surface area contributed by atoms with Gasteiger partial charge < -0.3 is 28.8 Å². The normalized spacial score (nSPS) is 11.1. The molecule has 0 aliphatic heterocycles. The molecule has 0 unspecified atom stereocenters. The van der Waals surface area contributed by atoms with E-state index >= 15 is 0 Å². The van der Waals surface area contributed by atoms with Gasteiger partial charge in [0.05, 0.1) is 45.1 Å². The first kappa shape index (κ1) is 27.3. The van der Waals surface area contributed by atoms with E-state index in [1.807, 2.05) is 0 Å². The highest BCUT2D eigenvalue weighted by Gasteiger charge is 2.16. The number of hydrogen-bond acceptors (Lipinski definition) is 9. The molecular weight excluding hydrogens is 482 g/mol. The fraction of sp³-hybridized carbons (Fsp3) is 0.304. The van der Waals surface area contributed by atoms with Crippen LogP contribution in [0.25, 0.3) is 6.08 Å². The zero-order chi connectivity index (χ0) is 26.0. The van der Waals surface area contributed by atoms with Crippen molar-refractivity contribution in [2.24, 2.45) is 0 Å². The van der Waals surface area contributed by atoms with E-state index in [1.165, 1.54) is 52.7 Å². The van der Waals surface area contributed by atoms with Gasteiger partial charge in [0.25, 0.3) is 10.0 Å². The van der Waals surface area contributed by atoms with E-state index in [2.05, 4.69) is 4.72 Å². The van der Waals surface area contributed by atoms with Crippen LogP contribution in [0.1, 0.15) is 24.8 Å². The average Bonchev–Trinajstić information content (AvgIpc) is 2.81. The second-order valence-electron chi connectivity index (χ2n) is 6.98. The predicted molar refractivity (Wildman–Crippen MR) is 128 cm³/mol. The second kappa shape index (κ2) is 12.5. The molecular formula is C23H27NO10S. The summed E-state index contributed by atoms with van der Waals surface area (Å²) in [5.41, 5.74) is 0.490. The fourth-order valence-electron chi connectivity index (χ4n) is 2.93. The number of ether oxygens (including phenoxy) is 5. The van der Waals surface area contributed by atoms with Gasteiger partial charge in [-0.3, -0.25) is 14.3 Å². The summed E-state index contributed by atoms with van der Waals surface area (Å²) in [4.78, 5) is 22.6. The van der Waals surface area contributed by atoms with Crippen molar-refractivity contribution in [2.75, 3.05) is 33.2 Å². The molecule has 35 heavy (non-hydrogen) atoms. The zero-order valence-electron chi connectivity index (χ0n) is 19.7. The van der Waals surface area contributed by atoms with Crippen LogP contribution in [0.4, 0.5) is 5.69 Å². The van der Waals surface area contributed by atoms with Crippen LogP contribution in [0, 0.1) is 0 Å². The van der Waals surface area contributed by atoms with Gasteiger partial charge in [0.1, 0.15) is 17.2 Å². The highest BCUT2D eigenvalue weighted by atomic mass is 32.2. The van der Waals surface area contributed by atoms with Gasteiger partial charge in [0, 0.05) is 31.0 Å². The molecule has 0 aliphatic carbocycles. The number of benzene rings is 2. The van der Waals surface area contributed by atoms with Gasteiger partial charge in [-0.25, -0.2) is 8.42 Å². The lowest BCUT2D eigenvalue weighted by Crippen LogP contribution is -2.11. The van der Waals surface area contributed by atoms with Crippen LogP contribution >= 0.6 is 0 Å². The van der Waals surface area contributed by atoms with Crippen LogP contribution in [0.3, 0.4) is 0 Å². The molecule has 190 valence electrons. The summed E-state index contributed by atoms with van der Waals surface area (Å²) in [5.74, 6) is -0.366. The molecule has 0 aliphatic rings.